The van der Waals surface area contributed by atoms with Crippen molar-refractivity contribution in [1.29, 1.82) is 0 Å². The van der Waals surface area contributed by atoms with Gasteiger partial charge in [0.1, 0.15) is 0 Å². The summed E-state index contributed by atoms with van der Waals surface area (Å²) in [6, 6.07) is 22.3. The molecular weight excluding hydrogens is 418 g/mol. The second-order valence-corrected chi connectivity index (χ2v) is 14.3. The molecule has 0 unspecified atom stereocenters. The molecule has 2 heterocycles. The fourth-order valence-corrected chi connectivity index (χ4v) is 9.75. The lowest BCUT2D eigenvalue weighted by atomic mass is 10.1. The average Bonchev–Trinajstić information content (AvgIpc) is 2.79. The third-order valence-electron chi connectivity index (χ3n) is 6.55. The van der Waals surface area contributed by atoms with Gasteiger partial charge < -0.3 is 14.6 Å². The van der Waals surface area contributed by atoms with Gasteiger partial charge in [-0.05, 0) is 28.3 Å². The number of rotatable bonds is 6. The van der Waals surface area contributed by atoms with E-state index in [4.69, 9.17) is 9.42 Å². The minimum absolute atomic E-state index is 0.0102. The van der Waals surface area contributed by atoms with Crippen LogP contribution in [0.3, 0.4) is 0 Å². The largest absolute Gasteiger partial charge is 0.405 e. The molecule has 4 rings (SSSR count). The van der Waals surface area contributed by atoms with Crippen molar-refractivity contribution in [3.8, 4) is 0 Å². The van der Waals surface area contributed by atoms with Gasteiger partial charge in [0, 0.05) is 24.9 Å². The molecule has 0 bridgehead atoms. The summed E-state index contributed by atoms with van der Waals surface area (Å²) in [4.78, 5) is 7.44. The molecule has 0 spiro atoms. The zero-order valence-corrected chi connectivity index (χ0v) is 20.8. The standard InChI is InChI=1S/C25H35N3OSSi/c1-25(2,3)31(22-10-6-4-7-11-22,23-12-8-5-9-13-23)29-18-20-14-16-28-17-15-21(19-30)27-24(28)26-20/h4-13,20-21,30H,14-19H2,1-3H3,(H,26,27)/t20-,21-/m1/s1. The topological polar surface area (TPSA) is 36.9 Å². The Morgan fingerprint density at radius 3 is 2.13 bits per heavy atom. The average molecular weight is 454 g/mol. The maximum atomic E-state index is 7.11. The van der Waals surface area contributed by atoms with Crippen molar-refractivity contribution in [2.24, 2.45) is 4.99 Å². The van der Waals surface area contributed by atoms with Crippen LogP contribution in [0.2, 0.25) is 5.04 Å². The number of guanidine groups is 1. The summed E-state index contributed by atoms with van der Waals surface area (Å²) in [6.07, 6.45) is 2.17. The van der Waals surface area contributed by atoms with Crippen LogP contribution in [0.25, 0.3) is 0 Å². The van der Waals surface area contributed by atoms with Crippen molar-refractivity contribution < 1.29 is 4.43 Å². The van der Waals surface area contributed by atoms with Gasteiger partial charge in [0.05, 0.1) is 12.6 Å². The minimum atomic E-state index is -2.51. The lowest BCUT2D eigenvalue weighted by Crippen LogP contribution is -2.67. The zero-order chi connectivity index (χ0) is 21.9. The number of nitrogens with one attached hydrogen (secondary N) is 1. The summed E-state index contributed by atoms with van der Waals surface area (Å²) in [5.41, 5.74) is 0. The van der Waals surface area contributed by atoms with Crippen LogP contribution in [0.4, 0.5) is 0 Å². The second kappa shape index (κ2) is 9.39. The molecule has 0 aliphatic carbocycles. The highest BCUT2D eigenvalue weighted by Crippen LogP contribution is 2.37. The lowest BCUT2D eigenvalue weighted by Gasteiger charge is -2.44. The number of aliphatic imine (C=N–C) groups is 1. The van der Waals surface area contributed by atoms with E-state index < -0.39 is 8.32 Å². The summed E-state index contributed by atoms with van der Waals surface area (Å²) in [7, 11) is -2.51. The number of hydrogen-bond donors (Lipinski definition) is 2. The number of nitrogens with zero attached hydrogens (tertiary/aromatic N) is 2. The van der Waals surface area contributed by atoms with Crippen molar-refractivity contribution in [3.05, 3.63) is 60.7 Å². The van der Waals surface area contributed by atoms with E-state index in [1.165, 1.54) is 10.4 Å². The van der Waals surface area contributed by atoms with Crippen molar-refractivity contribution >= 4 is 37.3 Å². The van der Waals surface area contributed by atoms with E-state index in [0.717, 1.165) is 37.6 Å². The molecular formula is C25H35N3OSSi. The highest BCUT2D eigenvalue weighted by Gasteiger charge is 2.50. The van der Waals surface area contributed by atoms with Crippen LogP contribution in [-0.2, 0) is 4.43 Å². The maximum absolute atomic E-state index is 7.11. The predicted octanol–water partition coefficient (Wildman–Crippen LogP) is 3.29. The summed E-state index contributed by atoms with van der Waals surface area (Å²) < 4.78 is 7.11. The highest BCUT2D eigenvalue weighted by molar-refractivity contribution is 7.80. The van der Waals surface area contributed by atoms with Crippen molar-refractivity contribution in [1.82, 2.24) is 10.2 Å². The molecule has 2 aromatic carbocycles. The number of thiol groups is 1. The minimum Gasteiger partial charge on any atom is -0.405 e. The van der Waals surface area contributed by atoms with Gasteiger partial charge in [-0.15, -0.1) is 0 Å². The maximum Gasteiger partial charge on any atom is 0.261 e. The Balaban J connectivity index is 1.65. The molecule has 2 atom stereocenters. The summed E-state index contributed by atoms with van der Waals surface area (Å²) >= 11 is 4.48. The molecule has 2 aliphatic rings. The summed E-state index contributed by atoms with van der Waals surface area (Å²) in [5, 5.41) is 6.22. The van der Waals surface area contributed by atoms with Gasteiger partial charge in [0.15, 0.2) is 5.96 Å². The van der Waals surface area contributed by atoms with E-state index in [0.29, 0.717) is 12.6 Å². The SMILES string of the molecule is CC(C)(C)[Si](OC[C@H]1CCN2CC[C@H](CS)NC2=N1)(c1ccccc1)c1ccccc1. The molecule has 1 saturated heterocycles. The van der Waals surface area contributed by atoms with Crippen LogP contribution in [0.5, 0.6) is 0 Å². The van der Waals surface area contributed by atoms with Crippen LogP contribution in [0.15, 0.2) is 65.7 Å². The Morgan fingerprint density at radius 1 is 1.00 bits per heavy atom. The van der Waals surface area contributed by atoms with Gasteiger partial charge in [-0.3, -0.25) is 0 Å². The first-order valence-corrected chi connectivity index (χ1v) is 13.9. The molecule has 166 valence electrons. The summed E-state index contributed by atoms with van der Waals surface area (Å²) in [6.45, 7) is 9.74. The molecule has 1 fully saturated rings. The molecule has 2 aromatic rings. The van der Waals surface area contributed by atoms with Gasteiger partial charge in [0.25, 0.3) is 8.32 Å². The van der Waals surface area contributed by atoms with Crippen molar-refractivity contribution in [2.75, 3.05) is 25.4 Å². The molecule has 0 aromatic heterocycles. The smallest absolute Gasteiger partial charge is 0.261 e. The van der Waals surface area contributed by atoms with E-state index >= 15 is 0 Å². The predicted molar refractivity (Wildman–Crippen MR) is 136 cm³/mol. The van der Waals surface area contributed by atoms with Crippen LogP contribution in [0.1, 0.15) is 33.6 Å². The molecule has 4 nitrogen and oxygen atoms in total. The molecule has 6 heteroatoms. The Hall–Kier alpha value is -1.76. The molecule has 1 N–H and O–H groups in total. The number of fused-ring (bicyclic) bond motifs is 1. The fourth-order valence-electron chi connectivity index (χ4n) is 4.88. The molecule has 0 amide bonds. The zero-order valence-electron chi connectivity index (χ0n) is 18.9. The first-order chi connectivity index (χ1) is 14.9. The first kappa shape index (κ1) is 22.4. The Kier molecular flexibility index (Phi) is 6.79. The van der Waals surface area contributed by atoms with Crippen molar-refractivity contribution in [3.63, 3.8) is 0 Å². The third-order valence-corrected chi connectivity index (χ3v) is 12.0. The van der Waals surface area contributed by atoms with E-state index in [-0.39, 0.29) is 11.1 Å². The summed E-state index contributed by atoms with van der Waals surface area (Å²) in [5.74, 6) is 1.88. The lowest BCUT2D eigenvalue weighted by molar-refractivity contribution is 0.233. The molecule has 0 saturated carbocycles. The van der Waals surface area contributed by atoms with Crippen LogP contribution in [-0.4, -0.2) is 56.7 Å². The Morgan fingerprint density at radius 2 is 1.58 bits per heavy atom. The van der Waals surface area contributed by atoms with E-state index in [1.807, 2.05) is 0 Å². The van der Waals surface area contributed by atoms with Crippen LogP contribution >= 0.6 is 12.6 Å². The number of hydrogen-bond acceptors (Lipinski definition) is 5. The van der Waals surface area contributed by atoms with Gasteiger partial charge in [-0.2, -0.15) is 12.6 Å². The Labute approximate surface area is 193 Å². The molecule has 31 heavy (non-hydrogen) atoms. The van der Waals surface area contributed by atoms with Gasteiger partial charge in [-0.25, -0.2) is 4.99 Å². The fraction of sp³-hybridized carbons (Fsp3) is 0.480. The quantitative estimate of drug-likeness (QED) is 0.521. The normalized spacial score (nSPS) is 21.8. The van der Waals surface area contributed by atoms with Crippen molar-refractivity contribution in [2.45, 2.75) is 50.7 Å². The van der Waals surface area contributed by atoms with Gasteiger partial charge in [-0.1, -0.05) is 81.4 Å². The first-order valence-electron chi connectivity index (χ1n) is 11.4. The highest BCUT2D eigenvalue weighted by atomic mass is 32.1. The van der Waals surface area contributed by atoms with Gasteiger partial charge in [0.2, 0.25) is 0 Å². The van der Waals surface area contributed by atoms with E-state index in [9.17, 15) is 0 Å². The molecule has 0 radical (unpaired) electrons. The monoisotopic (exact) mass is 453 g/mol. The van der Waals surface area contributed by atoms with Crippen LogP contribution < -0.4 is 15.7 Å². The van der Waals surface area contributed by atoms with Gasteiger partial charge >= 0.3 is 0 Å². The van der Waals surface area contributed by atoms with E-state index in [1.54, 1.807) is 0 Å². The second-order valence-electron chi connectivity index (χ2n) is 9.67. The molecule has 2 aliphatic heterocycles. The Bertz CT molecular complexity index is 845. The third kappa shape index (κ3) is 4.57. The van der Waals surface area contributed by atoms with E-state index in [2.05, 4.69) is 104 Å². The number of benzene rings is 2. The van der Waals surface area contributed by atoms with Crippen LogP contribution in [0, 0.1) is 0 Å².